The van der Waals surface area contributed by atoms with E-state index in [1.54, 1.807) is 11.9 Å². The molecular weight excluding hydrogens is 270 g/mol. The van der Waals surface area contributed by atoms with Crippen LogP contribution in [0.4, 0.5) is 4.79 Å². The van der Waals surface area contributed by atoms with Gasteiger partial charge < -0.3 is 19.2 Å². The van der Waals surface area contributed by atoms with Crippen molar-refractivity contribution in [1.82, 2.24) is 15.4 Å². The fraction of sp³-hybridized carbons (Fsp3) is 0.467. The summed E-state index contributed by atoms with van der Waals surface area (Å²) in [4.78, 5) is 13.8. The molecule has 0 saturated heterocycles. The molecule has 2 aromatic rings. The maximum atomic E-state index is 12.2. The van der Waals surface area contributed by atoms with Crippen LogP contribution in [0.3, 0.4) is 0 Å². The molecule has 6 nitrogen and oxygen atoms in total. The summed E-state index contributed by atoms with van der Waals surface area (Å²) in [6.45, 7) is 7.93. The predicted octanol–water partition coefficient (Wildman–Crippen LogP) is 3.10. The van der Waals surface area contributed by atoms with Crippen LogP contribution >= 0.6 is 0 Å². The van der Waals surface area contributed by atoms with Gasteiger partial charge in [-0.3, -0.25) is 0 Å². The second kappa shape index (κ2) is 6.03. The normalized spacial score (nSPS) is 12.2. The Hall–Kier alpha value is -2.24. The largest absolute Gasteiger partial charge is 0.464 e. The first-order valence-corrected chi connectivity index (χ1v) is 6.88. The van der Waals surface area contributed by atoms with E-state index < -0.39 is 0 Å². The zero-order valence-electron chi connectivity index (χ0n) is 13.1. The number of rotatable bonds is 4. The third-order valence-electron chi connectivity index (χ3n) is 3.45. The summed E-state index contributed by atoms with van der Waals surface area (Å²) in [5.41, 5.74) is 1.75. The van der Waals surface area contributed by atoms with Crippen molar-refractivity contribution in [2.24, 2.45) is 0 Å². The van der Waals surface area contributed by atoms with Crippen LogP contribution in [-0.4, -0.2) is 23.1 Å². The Morgan fingerprint density at radius 3 is 2.62 bits per heavy atom. The fourth-order valence-corrected chi connectivity index (χ4v) is 2.09. The van der Waals surface area contributed by atoms with Gasteiger partial charge in [0, 0.05) is 12.6 Å². The van der Waals surface area contributed by atoms with Crippen molar-refractivity contribution in [3.63, 3.8) is 0 Å². The van der Waals surface area contributed by atoms with E-state index in [1.807, 2.05) is 39.8 Å². The van der Waals surface area contributed by atoms with E-state index in [0.717, 1.165) is 28.5 Å². The molecule has 1 N–H and O–H groups in total. The quantitative estimate of drug-likeness (QED) is 0.939. The molecule has 1 unspecified atom stereocenters. The molecule has 0 aliphatic heterocycles. The Morgan fingerprint density at radius 1 is 1.38 bits per heavy atom. The molecule has 2 heterocycles. The lowest BCUT2D eigenvalue weighted by Crippen LogP contribution is -2.38. The van der Waals surface area contributed by atoms with Gasteiger partial charge in [-0.05, 0) is 39.8 Å². The van der Waals surface area contributed by atoms with Crippen molar-refractivity contribution in [3.8, 4) is 0 Å². The lowest BCUT2D eigenvalue weighted by Gasteiger charge is -2.20. The maximum absolute atomic E-state index is 12.2. The molecule has 0 aliphatic carbocycles. The first-order valence-electron chi connectivity index (χ1n) is 6.88. The van der Waals surface area contributed by atoms with Gasteiger partial charge in [0.1, 0.15) is 17.3 Å². The molecule has 2 aromatic heterocycles. The SMILES string of the molecule is Cc1ccc(C(C)NC(=O)N(C)Cc2c(C)noc2C)o1. The van der Waals surface area contributed by atoms with Crippen molar-refractivity contribution in [3.05, 3.63) is 40.7 Å². The van der Waals surface area contributed by atoms with Gasteiger partial charge >= 0.3 is 6.03 Å². The Bertz CT molecular complexity index is 610. The maximum Gasteiger partial charge on any atom is 0.318 e. The van der Waals surface area contributed by atoms with Crippen LogP contribution in [0, 0.1) is 20.8 Å². The molecule has 21 heavy (non-hydrogen) atoms. The second-order valence-corrected chi connectivity index (χ2v) is 5.28. The van der Waals surface area contributed by atoms with Crippen LogP contribution < -0.4 is 5.32 Å². The molecule has 2 rings (SSSR count). The van der Waals surface area contributed by atoms with Gasteiger partial charge in [-0.1, -0.05) is 5.16 Å². The zero-order valence-corrected chi connectivity index (χ0v) is 13.1. The molecular formula is C15H21N3O3. The van der Waals surface area contributed by atoms with Gasteiger partial charge in [0.25, 0.3) is 0 Å². The van der Waals surface area contributed by atoms with Crippen molar-refractivity contribution in [2.45, 2.75) is 40.3 Å². The van der Waals surface area contributed by atoms with E-state index in [9.17, 15) is 4.79 Å². The minimum Gasteiger partial charge on any atom is -0.464 e. The monoisotopic (exact) mass is 291 g/mol. The van der Waals surface area contributed by atoms with Crippen LogP contribution in [0.1, 0.15) is 41.5 Å². The molecule has 0 aliphatic rings. The highest BCUT2D eigenvalue weighted by Gasteiger charge is 2.18. The first kappa shape index (κ1) is 15.2. The molecule has 0 saturated carbocycles. The van der Waals surface area contributed by atoms with Gasteiger partial charge in [0.2, 0.25) is 0 Å². The van der Waals surface area contributed by atoms with Crippen LogP contribution in [-0.2, 0) is 6.54 Å². The number of carbonyl (C=O) groups excluding carboxylic acids is 1. The summed E-state index contributed by atoms with van der Waals surface area (Å²) in [6, 6.07) is 3.40. The van der Waals surface area contributed by atoms with E-state index in [1.165, 1.54) is 0 Å². The highest BCUT2D eigenvalue weighted by Crippen LogP contribution is 2.17. The zero-order chi connectivity index (χ0) is 15.6. The van der Waals surface area contributed by atoms with Crippen LogP contribution in [0.15, 0.2) is 21.1 Å². The number of furan rings is 1. The summed E-state index contributed by atoms with van der Waals surface area (Å²) in [5, 5.41) is 6.79. The van der Waals surface area contributed by atoms with E-state index in [2.05, 4.69) is 10.5 Å². The van der Waals surface area contributed by atoms with E-state index in [0.29, 0.717) is 6.54 Å². The number of amides is 2. The standard InChI is InChI=1S/C15H21N3O3/c1-9-6-7-14(20-9)11(3)16-15(19)18(5)8-13-10(2)17-21-12(13)4/h6-7,11H,8H2,1-5H3,(H,16,19). The Morgan fingerprint density at radius 2 is 2.10 bits per heavy atom. The second-order valence-electron chi connectivity index (χ2n) is 5.28. The minimum absolute atomic E-state index is 0.170. The molecule has 0 radical (unpaired) electrons. The van der Waals surface area contributed by atoms with Crippen molar-refractivity contribution in [2.75, 3.05) is 7.05 Å². The molecule has 1 atom stereocenters. The fourth-order valence-electron chi connectivity index (χ4n) is 2.09. The summed E-state index contributed by atoms with van der Waals surface area (Å²) >= 11 is 0. The lowest BCUT2D eigenvalue weighted by molar-refractivity contribution is 0.201. The molecule has 2 amide bonds. The van der Waals surface area contributed by atoms with Gasteiger partial charge in [0.05, 0.1) is 18.3 Å². The van der Waals surface area contributed by atoms with Crippen LogP contribution in [0.5, 0.6) is 0 Å². The van der Waals surface area contributed by atoms with Crippen LogP contribution in [0.25, 0.3) is 0 Å². The smallest absolute Gasteiger partial charge is 0.318 e. The summed E-state index contributed by atoms with van der Waals surface area (Å²) in [6.07, 6.45) is 0. The van der Waals surface area contributed by atoms with Crippen molar-refractivity contribution < 1.29 is 13.7 Å². The predicted molar refractivity (Wildman–Crippen MR) is 77.8 cm³/mol. The number of carbonyl (C=O) groups is 1. The molecule has 0 aromatic carbocycles. The van der Waals surface area contributed by atoms with Gasteiger partial charge in [0.15, 0.2) is 0 Å². The van der Waals surface area contributed by atoms with E-state index >= 15 is 0 Å². The number of aromatic nitrogens is 1. The number of hydrogen-bond acceptors (Lipinski definition) is 4. The topological polar surface area (TPSA) is 71.5 Å². The van der Waals surface area contributed by atoms with Gasteiger partial charge in [-0.25, -0.2) is 4.79 Å². The van der Waals surface area contributed by atoms with Crippen molar-refractivity contribution >= 4 is 6.03 Å². The molecule has 0 spiro atoms. The average molecular weight is 291 g/mol. The average Bonchev–Trinajstić information content (AvgIpc) is 2.99. The summed E-state index contributed by atoms with van der Waals surface area (Å²) < 4.78 is 10.6. The minimum atomic E-state index is -0.182. The molecule has 6 heteroatoms. The number of hydrogen-bond donors (Lipinski definition) is 1. The molecule has 0 bridgehead atoms. The number of urea groups is 1. The molecule has 114 valence electrons. The van der Waals surface area contributed by atoms with Gasteiger partial charge in [-0.15, -0.1) is 0 Å². The highest BCUT2D eigenvalue weighted by molar-refractivity contribution is 5.74. The number of aryl methyl sites for hydroxylation is 3. The van der Waals surface area contributed by atoms with E-state index in [4.69, 9.17) is 8.94 Å². The van der Waals surface area contributed by atoms with Gasteiger partial charge in [-0.2, -0.15) is 0 Å². The van der Waals surface area contributed by atoms with Crippen molar-refractivity contribution in [1.29, 1.82) is 0 Å². The highest BCUT2D eigenvalue weighted by atomic mass is 16.5. The van der Waals surface area contributed by atoms with E-state index in [-0.39, 0.29) is 12.1 Å². The number of nitrogens with one attached hydrogen (secondary N) is 1. The Kier molecular flexibility index (Phi) is 4.35. The number of nitrogens with zero attached hydrogens (tertiary/aromatic N) is 2. The lowest BCUT2D eigenvalue weighted by atomic mass is 10.2. The molecule has 0 fully saturated rings. The van der Waals surface area contributed by atoms with Crippen LogP contribution in [0.2, 0.25) is 0 Å². The Labute approximate surface area is 124 Å². The Balaban J connectivity index is 1.97. The first-order chi connectivity index (χ1) is 9.88. The summed E-state index contributed by atoms with van der Waals surface area (Å²) in [5.74, 6) is 2.31. The third-order valence-corrected chi connectivity index (χ3v) is 3.45. The summed E-state index contributed by atoms with van der Waals surface area (Å²) in [7, 11) is 1.74. The third kappa shape index (κ3) is 3.45.